The van der Waals surface area contributed by atoms with E-state index in [0.29, 0.717) is 11.6 Å². The van der Waals surface area contributed by atoms with Crippen molar-refractivity contribution < 1.29 is 4.79 Å². The lowest BCUT2D eigenvalue weighted by Gasteiger charge is -2.15. The predicted molar refractivity (Wildman–Crippen MR) is 100 cm³/mol. The van der Waals surface area contributed by atoms with Gasteiger partial charge in [-0.3, -0.25) is 4.79 Å². The highest BCUT2D eigenvalue weighted by Crippen LogP contribution is 2.17. The van der Waals surface area contributed by atoms with E-state index in [1.54, 1.807) is 0 Å². The maximum Gasteiger partial charge on any atom is 0.234 e. The van der Waals surface area contributed by atoms with Crippen LogP contribution in [-0.2, 0) is 11.3 Å². The summed E-state index contributed by atoms with van der Waals surface area (Å²) in [7, 11) is 4.01. The minimum absolute atomic E-state index is 0.0273. The Bertz CT molecular complexity index is 671. The van der Waals surface area contributed by atoms with Crippen LogP contribution >= 0.6 is 11.6 Å². The van der Waals surface area contributed by atoms with Crippen molar-refractivity contribution in [3.63, 3.8) is 0 Å². The van der Waals surface area contributed by atoms with Crippen LogP contribution in [0.5, 0.6) is 0 Å². The quantitative estimate of drug-likeness (QED) is 0.808. The van der Waals surface area contributed by atoms with Crippen molar-refractivity contribution in [3.05, 3.63) is 64.7 Å². The summed E-state index contributed by atoms with van der Waals surface area (Å²) in [6.45, 7) is 2.81. The van der Waals surface area contributed by atoms with E-state index in [2.05, 4.69) is 10.6 Å². The van der Waals surface area contributed by atoms with Gasteiger partial charge < -0.3 is 15.5 Å². The van der Waals surface area contributed by atoms with Gasteiger partial charge in [-0.15, -0.1) is 0 Å². The second-order valence-corrected chi connectivity index (χ2v) is 6.43. The largest absolute Gasteiger partial charge is 0.378 e. The molecule has 0 aliphatic rings. The number of amides is 1. The fourth-order valence-corrected chi connectivity index (χ4v) is 2.51. The monoisotopic (exact) mass is 345 g/mol. The van der Waals surface area contributed by atoms with E-state index in [0.717, 1.165) is 16.8 Å². The van der Waals surface area contributed by atoms with E-state index < -0.39 is 0 Å². The summed E-state index contributed by atoms with van der Waals surface area (Å²) in [6, 6.07) is 15.8. The first-order valence-corrected chi connectivity index (χ1v) is 8.35. The molecular weight excluding hydrogens is 322 g/mol. The molecule has 24 heavy (non-hydrogen) atoms. The summed E-state index contributed by atoms with van der Waals surface area (Å²) in [6.07, 6.45) is 0. The fraction of sp³-hybridized carbons (Fsp3) is 0.316. The third kappa shape index (κ3) is 5.55. The first-order chi connectivity index (χ1) is 11.5. The van der Waals surface area contributed by atoms with E-state index in [1.165, 1.54) is 0 Å². The molecule has 2 aromatic rings. The Morgan fingerprint density at radius 3 is 2.50 bits per heavy atom. The minimum atomic E-state index is -0.0273. The molecule has 0 saturated heterocycles. The highest BCUT2D eigenvalue weighted by atomic mass is 35.5. The van der Waals surface area contributed by atoms with Crippen molar-refractivity contribution in [2.75, 3.05) is 25.5 Å². The molecule has 1 atom stereocenters. The average Bonchev–Trinajstić information content (AvgIpc) is 2.58. The number of anilines is 1. The minimum Gasteiger partial charge on any atom is -0.378 e. The zero-order valence-electron chi connectivity index (χ0n) is 14.3. The molecule has 128 valence electrons. The van der Waals surface area contributed by atoms with Gasteiger partial charge in [-0.25, -0.2) is 0 Å². The molecule has 0 aliphatic heterocycles. The molecule has 2 N–H and O–H groups in total. The summed E-state index contributed by atoms with van der Waals surface area (Å²) in [5.74, 6) is -0.0273. The number of carbonyl (C=O) groups is 1. The van der Waals surface area contributed by atoms with Crippen molar-refractivity contribution in [1.82, 2.24) is 10.6 Å². The van der Waals surface area contributed by atoms with Crippen LogP contribution < -0.4 is 15.5 Å². The lowest BCUT2D eigenvalue weighted by Crippen LogP contribution is -2.34. The molecule has 0 heterocycles. The van der Waals surface area contributed by atoms with Crippen molar-refractivity contribution in [3.8, 4) is 0 Å². The van der Waals surface area contributed by atoms with Gasteiger partial charge in [0.15, 0.2) is 0 Å². The van der Waals surface area contributed by atoms with Crippen molar-refractivity contribution in [1.29, 1.82) is 0 Å². The predicted octanol–water partition coefficient (Wildman–Crippen LogP) is 3.37. The highest BCUT2D eigenvalue weighted by Gasteiger charge is 2.08. The van der Waals surface area contributed by atoms with Gasteiger partial charge in [0.1, 0.15) is 0 Å². The van der Waals surface area contributed by atoms with Gasteiger partial charge in [-0.1, -0.05) is 35.9 Å². The van der Waals surface area contributed by atoms with Gasteiger partial charge >= 0.3 is 0 Å². The molecule has 0 unspecified atom stereocenters. The first-order valence-electron chi connectivity index (χ1n) is 7.97. The van der Waals surface area contributed by atoms with Crippen LogP contribution in [0.25, 0.3) is 0 Å². The van der Waals surface area contributed by atoms with Crippen molar-refractivity contribution in [2.45, 2.75) is 19.5 Å². The molecule has 2 aromatic carbocycles. The Morgan fingerprint density at radius 2 is 1.88 bits per heavy atom. The topological polar surface area (TPSA) is 44.4 Å². The van der Waals surface area contributed by atoms with Crippen LogP contribution in [0.3, 0.4) is 0 Å². The second kappa shape index (κ2) is 8.71. The molecule has 0 saturated carbocycles. The number of benzene rings is 2. The summed E-state index contributed by atoms with van der Waals surface area (Å²) < 4.78 is 0. The van der Waals surface area contributed by atoms with Crippen LogP contribution in [0.2, 0.25) is 5.02 Å². The Labute approximate surface area is 148 Å². The van der Waals surface area contributed by atoms with E-state index in [4.69, 9.17) is 11.6 Å². The molecule has 0 fully saturated rings. The number of hydrogen-bond donors (Lipinski definition) is 2. The molecule has 4 nitrogen and oxygen atoms in total. The van der Waals surface area contributed by atoms with Gasteiger partial charge in [0.05, 0.1) is 6.54 Å². The molecule has 0 bridgehead atoms. The van der Waals surface area contributed by atoms with Crippen LogP contribution in [-0.4, -0.2) is 26.5 Å². The van der Waals surface area contributed by atoms with E-state index in [9.17, 15) is 4.79 Å². The smallest absolute Gasteiger partial charge is 0.234 e. The van der Waals surface area contributed by atoms with Crippen molar-refractivity contribution >= 4 is 23.2 Å². The first kappa shape index (κ1) is 18.3. The molecule has 0 aromatic heterocycles. The lowest BCUT2D eigenvalue weighted by atomic mass is 10.1. The Hall–Kier alpha value is -2.04. The molecule has 1 amide bonds. The zero-order chi connectivity index (χ0) is 17.5. The summed E-state index contributed by atoms with van der Waals surface area (Å²) >= 11 is 5.99. The van der Waals surface area contributed by atoms with Gasteiger partial charge in [-0.2, -0.15) is 0 Å². The van der Waals surface area contributed by atoms with Crippen LogP contribution in [0.1, 0.15) is 24.1 Å². The number of hydrogen-bond acceptors (Lipinski definition) is 3. The number of nitrogens with one attached hydrogen (secondary N) is 2. The second-order valence-electron chi connectivity index (χ2n) is 6.00. The SMILES string of the molecule is C[C@H](NCC(=O)NCc1ccc(N(C)C)cc1)c1cccc(Cl)c1. The normalized spacial score (nSPS) is 11.8. The van der Waals surface area contributed by atoms with E-state index in [1.807, 2.05) is 74.4 Å². The maximum absolute atomic E-state index is 12.0. The highest BCUT2D eigenvalue weighted by molar-refractivity contribution is 6.30. The summed E-state index contributed by atoms with van der Waals surface area (Å²) in [5, 5.41) is 6.83. The molecule has 2 rings (SSSR count). The van der Waals surface area contributed by atoms with Gasteiger partial charge in [-0.05, 0) is 42.3 Å². The van der Waals surface area contributed by atoms with Gasteiger partial charge in [0.25, 0.3) is 0 Å². The van der Waals surface area contributed by atoms with E-state index in [-0.39, 0.29) is 18.5 Å². The molecular formula is C19H24ClN3O. The standard InChI is InChI=1S/C19H24ClN3O/c1-14(16-5-4-6-17(20)11-16)21-13-19(24)22-12-15-7-9-18(10-8-15)23(2)3/h4-11,14,21H,12-13H2,1-3H3,(H,22,24)/t14-/m0/s1. The van der Waals surface area contributed by atoms with Crippen molar-refractivity contribution in [2.24, 2.45) is 0 Å². The van der Waals surface area contributed by atoms with Gasteiger partial charge in [0, 0.05) is 37.4 Å². The Balaban J connectivity index is 1.77. The van der Waals surface area contributed by atoms with Crippen LogP contribution in [0.15, 0.2) is 48.5 Å². The zero-order valence-corrected chi connectivity index (χ0v) is 15.1. The van der Waals surface area contributed by atoms with Gasteiger partial charge in [0.2, 0.25) is 5.91 Å². The van der Waals surface area contributed by atoms with E-state index >= 15 is 0 Å². The Kier molecular flexibility index (Phi) is 6.64. The van der Waals surface area contributed by atoms with Crippen LogP contribution in [0.4, 0.5) is 5.69 Å². The summed E-state index contributed by atoms with van der Waals surface area (Å²) in [5.41, 5.74) is 3.29. The Morgan fingerprint density at radius 1 is 1.17 bits per heavy atom. The number of halogens is 1. The molecule has 0 radical (unpaired) electrons. The number of nitrogens with zero attached hydrogens (tertiary/aromatic N) is 1. The molecule has 5 heteroatoms. The fourth-order valence-electron chi connectivity index (χ4n) is 2.31. The maximum atomic E-state index is 12.0. The summed E-state index contributed by atoms with van der Waals surface area (Å²) in [4.78, 5) is 14.0. The third-order valence-corrected chi connectivity index (χ3v) is 4.09. The lowest BCUT2D eigenvalue weighted by molar-refractivity contribution is -0.120. The molecule has 0 aliphatic carbocycles. The van der Waals surface area contributed by atoms with Crippen LogP contribution in [0, 0.1) is 0 Å². The number of rotatable bonds is 7. The average molecular weight is 346 g/mol. The third-order valence-electron chi connectivity index (χ3n) is 3.86. The number of carbonyl (C=O) groups excluding carboxylic acids is 1. The molecule has 0 spiro atoms.